The molecule has 16 heavy (non-hydrogen) atoms. The normalized spacial score (nSPS) is 20.3. The maximum atomic E-state index is 4.20. The van der Waals surface area contributed by atoms with Crippen LogP contribution in [-0.4, -0.2) is 45.3 Å². The van der Waals surface area contributed by atoms with Gasteiger partial charge in [0.25, 0.3) is 0 Å². The Bertz CT molecular complexity index is 350. The SMILES string of the molecule is Cc1nnc2n1CCN(C1CNC1)C2.Cl.Cl. The van der Waals surface area contributed by atoms with Crippen LogP contribution in [0.1, 0.15) is 11.6 Å². The van der Waals surface area contributed by atoms with Crippen LogP contribution < -0.4 is 5.32 Å². The lowest BCUT2D eigenvalue weighted by molar-refractivity contribution is 0.111. The summed E-state index contributed by atoms with van der Waals surface area (Å²) in [5.41, 5.74) is 0. The summed E-state index contributed by atoms with van der Waals surface area (Å²) in [7, 11) is 0. The van der Waals surface area contributed by atoms with Gasteiger partial charge in [0.2, 0.25) is 0 Å². The fourth-order valence-electron chi connectivity index (χ4n) is 2.17. The van der Waals surface area contributed by atoms with Gasteiger partial charge in [-0.3, -0.25) is 4.90 Å². The van der Waals surface area contributed by atoms with E-state index in [1.165, 1.54) is 0 Å². The van der Waals surface area contributed by atoms with Crippen molar-refractivity contribution in [2.75, 3.05) is 19.6 Å². The van der Waals surface area contributed by atoms with Crippen molar-refractivity contribution in [3.63, 3.8) is 0 Å². The molecule has 0 radical (unpaired) electrons. The fourth-order valence-corrected chi connectivity index (χ4v) is 2.17. The molecule has 92 valence electrons. The highest BCUT2D eigenvalue weighted by Crippen LogP contribution is 2.15. The van der Waals surface area contributed by atoms with E-state index in [1.807, 2.05) is 6.92 Å². The molecule has 1 N–H and O–H groups in total. The van der Waals surface area contributed by atoms with Crippen LogP contribution in [0, 0.1) is 6.92 Å². The average Bonchev–Trinajstić information content (AvgIpc) is 2.45. The maximum Gasteiger partial charge on any atom is 0.147 e. The van der Waals surface area contributed by atoms with Crippen LogP contribution in [0.2, 0.25) is 0 Å². The largest absolute Gasteiger partial charge is 0.314 e. The van der Waals surface area contributed by atoms with Gasteiger partial charge in [0.05, 0.1) is 6.54 Å². The quantitative estimate of drug-likeness (QED) is 0.789. The highest BCUT2D eigenvalue weighted by molar-refractivity contribution is 5.85. The highest BCUT2D eigenvalue weighted by Gasteiger charge is 2.28. The molecule has 3 heterocycles. The lowest BCUT2D eigenvalue weighted by Gasteiger charge is -2.40. The van der Waals surface area contributed by atoms with Gasteiger partial charge in [-0.25, -0.2) is 0 Å². The number of fused-ring (bicyclic) bond motifs is 1. The number of hydrogen-bond donors (Lipinski definition) is 1. The standard InChI is InChI=1S/C9H15N5.2ClH/c1-7-11-12-9-6-13(2-3-14(7)9)8-4-10-5-8;;/h8,10H,2-6H2,1H3;2*1H. The van der Waals surface area contributed by atoms with Crippen molar-refractivity contribution < 1.29 is 0 Å². The monoisotopic (exact) mass is 265 g/mol. The van der Waals surface area contributed by atoms with E-state index in [1.54, 1.807) is 0 Å². The van der Waals surface area contributed by atoms with Gasteiger partial charge in [-0.15, -0.1) is 35.0 Å². The summed E-state index contributed by atoms with van der Waals surface area (Å²) in [6.07, 6.45) is 0. The first-order chi connectivity index (χ1) is 6.84. The number of rotatable bonds is 1. The lowest BCUT2D eigenvalue weighted by Crippen LogP contribution is -2.58. The molecule has 3 rings (SSSR count). The van der Waals surface area contributed by atoms with Crippen molar-refractivity contribution in [3.05, 3.63) is 11.6 Å². The second-order valence-corrected chi connectivity index (χ2v) is 4.10. The van der Waals surface area contributed by atoms with Crippen LogP contribution in [0.25, 0.3) is 0 Å². The molecular formula is C9H17Cl2N5. The Morgan fingerprint density at radius 1 is 1.19 bits per heavy atom. The predicted molar refractivity (Wildman–Crippen MR) is 66.3 cm³/mol. The zero-order valence-electron chi connectivity index (χ0n) is 9.22. The summed E-state index contributed by atoms with van der Waals surface area (Å²) in [5, 5.41) is 11.6. The summed E-state index contributed by atoms with van der Waals surface area (Å²) in [5.74, 6) is 2.17. The molecule has 1 aromatic rings. The minimum atomic E-state index is 0. The van der Waals surface area contributed by atoms with Crippen molar-refractivity contribution in [3.8, 4) is 0 Å². The van der Waals surface area contributed by atoms with Gasteiger partial charge in [0.15, 0.2) is 0 Å². The van der Waals surface area contributed by atoms with Crippen LogP contribution in [-0.2, 0) is 13.1 Å². The third kappa shape index (κ3) is 2.18. The third-order valence-corrected chi connectivity index (χ3v) is 3.24. The van der Waals surface area contributed by atoms with Gasteiger partial charge in [-0.05, 0) is 6.92 Å². The molecule has 0 aliphatic carbocycles. The van der Waals surface area contributed by atoms with Crippen molar-refractivity contribution in [1.82, 2.24) is 25.0 Å². The molecule has 1 aromatic heterocycles. The van der Waals surface area contributed by atoms with E-state index in [2.05, 4.69) is 25.0 Å². The molecule has 0 bridgehead atoms. The van der Waals surface area contributed by atoms with E-state index in [0.29, 0.717) is 0 Å². The van der Waals surface area contributed by atoms with Crippen LogP contribution in [0.4, 0.5) is 0 Å². The number of nitrogens with one attached hydrogen (secondary N) is 1. The van der Waals surface area contributed by atoms with Gasteiger partial charge in [-0.2, -0.15) is 0 Å². The van der Waals surface area contributed by atoms with Crippen molar-refractivity contribution in [2.45, 2.75) is 26.1 Å². The molecule has 0 spiro atoms. The van der Waals surface area contributed by atoms with Gasteiger partial charge < -0.3 is 9.88 Å². The van der Waals surface area contributed by atoms with Gasteiger partial charge in [-0.1, -0.05) is 0 Å². The molecule has 0 saturated carbocycles. The van der Waals surface area contributed by atoms with Crippen molar-refractivity contribution in [2.24, 2.45) is 0 Å². The highest BCUT2D eigenvalue weighted by atomic mass is 35.5. The summed E-state index contributed by atoms with van der Waals surface area (Å²) in [4.78, 5) is 2.50. The van der Waals surface area contributed by atoms with E-state index in [4.69, 9.17) is 0 Å². The number of aryl methyl sites for hydroxylation is 1. The zero-order chi connectivity index (χ0) is 9.54. The fraction of sp³-hybridized carbons (Fsp3) is 0.778. The second kappa shape index (κ2) is 5.31. The van der Waals surface area contributed by atoms with E-state index in [0.717, 1.165) is 50.4 Å². The van der Waals surface area contributed by atoms with E-state index in [-0.39, 0.29) is 24.8 Å². The molecule has 1 fully saturated rings. The number of halogens is 2. The Labute approximate surface area is 107 Å². The maximum absolute atomic E-state index is 4.20. The summed E-state index contributed by atoms with van der Waals surface area (Å²) in [6, 6.07) is 0.723. The number of aromatic nitrogens is 3. The Morgan fingerprint density at radius 3 is 2.56 bits per heavy atom. The first-order valence-electron chi connectivity index (χ1n) is 5.18. The molecule has 1 saturated heterocycles. The number of hydrogen-bond acceptors (Lipinski definition) is 4. The van der Waals surface area contributed by atoms with Gasteiger partial charge in [0.1, 0.15) is 11.6 Å². The molecule has 0 aromatic carbocycles. The van der Waals surface area contributed by atoms with Gasteiger partial charge in [0, 0.05) is 32.2 Å². The third-order valence-electron chi connectivity index (χ3n) is 3.24. The topological polar surface area (TPSA) is 46.0 Å². The first-order valence-corrected chi connectivity index (χ1v) is 5.18. The molecule has 0 amide bonds. The smallest absolute Gasteiger partial charge is 0.147 e. The van der Waals surface area contributed by atoms with E-state index in [9.17, 15) is 0 Å². The molecule has 7 heteroatoms. The Morgan fingerprint density at radius 2 is 1.94 bits per heavy atom. The van der Waals surface area contributed by atoms with Crippen LogP contribution in [0.3, 0.4) is 0 Å². The van der Waals surface area contributed by atoms with Crippen LogP contribution >= 0.6 is 24.8 Å². The second-order valence-electron chi connectivity index (χ2n) is 4.10. The first kappa shape index (κ1) is 13.7. The molecule has 2 aliphatic heterocycles. The molecule has 0 unspecified atom stereocenters. The van der Waals surface area contributed by atoms with Crippen molar-refractivity contribution >= 4 is 24.8 Å². The van der Waals surface area contributed by atoms with E-state index < -0.39 is 0 Å². The molecule has 0 atom stereocenters. The lowest BCUT2D eigenvalue weighted by atomic mass is 10.1. The summed E-state index contributed by atoms with van der Waals surface area (Å²) in [6.45, 7) is 7.44. The Balaban J connectivity index is 0.000000640. The minimum absolute atomic E-state index is 0. The molecular weight excluding hydrogens is 249 g/mol. The summed E-state index contributed by atoms with van der Waals surface area (Å²) >= 11 is 0. The number of nitrogens with zero attached hydrogens (tertiary/aromatic N) is 4. The van der Waals surface area contributed by atoms with Crippen molar-refractivity contribution in [1.29, 1.82) is 0 Å². The Hall–Kier alpha value is -0.360. The van der Waals surface area contributed by atoms with Crippen LogP contribution in [0.5, 0.6) is 0 Å². The van der Waals surface area contributed by atoms with Gasteiger partial charge >= 0.3 is 0 Å². The predicted octanol–water partition coefficient (Wildman–Crippen LogP) is 0.218. The Kier molecular flexibility index (Phi) is 4.55. The van der Waals surface area contributed by atoms with Crippen LogP contribution in [0.15, 0.2) is 0 Å². The summed E-state index contributed by atoms with van der Waals surface area (Å²) < 4.78 is 2.22. The molecule has 2 aliphatic rings. The zero-order valence-corrected chi connectivity index (χ0v) is 10.9. The van der Waals surface area contributed by atoms with E-state index >= 15 is 0 Å². The molecule has 5 nitrogen and oxygen atoms in total. The average molecular weight is 266 g/mol. The minimum Gasteiger partial charge on any atom is -0.314 e.